The minimum Gasteiger partial charge on any atom is -0.494 e. The highest BCUT2D eigenvalue weighted by Gasteiger charge is 2.40. The van der Waals surface area contributed by atoms with Gasteiger partial charge in [0.15, 0.2) is 5.78 Å². The maximum atomic E-state index is 13.2. The fraction of sp³-hybridized carbons (Fsp3) is 0.500. The Morgan fingerprint density at radius 3 is 2.83 bits per heavy atom. The molecule has 0 amide bonds. The van der Waals surface area contributed by atoms with Crippen molar-refractivity contribution in [2.45, 2.75) is 58.0 Å². The third-order valence-electron chi connectivity index (χ3n) is 5.95. The smallest absolute Gasteiger partial charge is 0.336 e. The molecule has 0 spiro atoms. The number of benzene rings is 1. The zero-order chi connectivity index (χ0) is 21.1. The summed E-state index contributed by atoms with van der Waals surface area (Å²) in [5, 5.41) is 3.32. The van der Waals surface area contributed by atoms with Gasteiger partial charge < -0.3 is 19.5 Å². The van der Waals surface area contributed by atoms with Crippen LogP contribution in [0.1, 0.15) is 57.4 Å². The molecule has 30 heavy (non-hydrogen) atoms. The van der Waals surface area contributed by atoms with Crippen molar-refractivity contribution in [2.24, 2.45) is 0 Å². The summed E-state index contributed by atoms with van der Waals surface area (Å²) in [6.07, 6.45) is 3.94. The van der Waals surface area contributed by atoms with Crippen LogP contribution in [0.5, 0.6) is 5.75 Å². The molecule has 1 aromatic carbocycles. The van der Waals surface area contributed by atoms with Crippen molar-refractivity contribution in [1.82, 2.24) is 5.32 Å². The van der Waals surface area contributed by atoms with Crippen molar-refractivity contribution in [3.05, 3.63) is 52.4 Å². The van der Waals surface area contributed by atoms with E-state index < -0.39 is 11.9 Å². The summed E-state index contributed by atoms with van der Waals surface area (Å²) in [6, 6.07) is 7.64. The van der Waals surface area contributed by atoms with Crippen molar-refractivity contribution in [1.29, 1.82) is 0 Å². The average Bonchev–Trinajstić information content (AvgIpc) is 3.26. The first-order chi connectivity index (χ1) is 14.6. The van der Waals surface area contributed by atoms with Crippen LogP contribution in [0.4, 0.5) is 0 Å². The van der Waals surface area contributed by atoms with Crippen LogP contribution in [0.2, 0.25) is 0 Å². The number of ether oxygens (including phenoxy) is 3. The lowest BCUT2D eigenvalue weighted by Crippen LogP contribution is -2.35. The summed E-state index contributed by atoms with van der Waals surface area (Å²) in [7, 11) is 0. The van der Waals surface area contributed by atoms with E-state index in [0.29, 0.717) is 36.5 Å². The number of ketones is 1. The number of hydrogen-bond acceptors (Lipinski definition) is 6. The number of para-hydroxylation sites is 1. The first-order valence-electron chi connectivity index (χ1n) is 10.8. The van der Waals surface area contributed by atoms with Crippen molar-refractivity contribution < 1.29 is 23.8 Å². The molecule has 1 fully saturated rings. The number of dihydropyridines is 1. The molecule has 2 heterocycles. The van der Waals surface area contributed by atoms with E-state index >= 15 is 0 Å². The van der Waals surface area contributed by atoms with Gasteiger partial charge in [0.2, 0.25) is 0 Å². The largest absolute Gasteiger partial charge is 0.494 e. The van der Waals surface area contributed by atoms with Crippen molar-refractivity contribution >= 4 is 11.8 Å². The molecule has 1 aliphatic carbocycles. The van der Waals surface area contributed by atoms with Gasteiger partial charge in [-0.25, -0.2) is 4.79 Å². The average molecular weight is 411 g/mol. The van der Waals surface area contributed by atoms with Crippen LogP contribution >= 0.6 is 0 Å². The molecule has 4 rings (SSSR count). The highest BCUT2D eigenvalue weighted by molar-refractivity contribution is 6.04. The maximum absolute atomic E-state index is 13.2. The minimum atomic E-state index is -0.492. The Labute approximate surface area is 177 Å². The molecule has 0 unspecified atom stereocenters. The second-order valence-corrected chi connectivity index (χ2v) is 7.97. The summed E-state index contributed by atoms with van der Waals surface area (Å²) in [5.74, 6) is -0.128. The highest BCUT2D eigenvalue weighted by Crippen LogP contribution is 2.45. The normalized spacial score (nSPS) is 23.9. The van der Waals surface area contributed by atoms with E-state index in [2.05, 4.69) is 5.32 Å². The first kappa shape index (κ1) is 20.7. The van der Waals surface area contributed by atoms with Crippen LogP contribution < -0.4 is 10.1 Å². The molecule has 2 atom stereocenters. The van der Waals surface area contributed by atoms with Crippen LogP contribution in [-0.2, 0) is 19.1 Å². The quantitative estimate of drug-likeness (QED) is 0.719. The van der Waals surface area contributed by atoms with Gasteiger partial charge in [0, 0.05) is 35.6 Å². The number of carbonyl (C=O) groups is 2. The van der Waals surface area contributed by atoms with E-state index in [4.69, 9.17) is 14.2 Å². The van der Waals surface area contributed by atoms with Gasteiger partial charge in [0.25, 0.3) is 0 Å². The van der Waals surface area contributed by atoms with Crippen LogP contribution in [0.25, 0.3) is 0 Å². The Morgan fingerprint density at radius 1 is 1.23 bits per heavy atom. The predicted molar refractivity (Wildman–Crippen MR) is 112 cm³/mol. The Morgan fingerprint density at radius 2 is 2.07 bits per heavy atom. The summed E-state index contributed by atoms with van der Waals surface area (Å²) in [6.45, 7) is 5.24. The van der Waals surface area contributed by atoms with E-state index in [1.54, 1.807) is 0 Å². The lowest BCUT2D eigenvalue weighted by Gasteiger charge is -2.34. The van der Waals surface area contributed by atoms with Gasteiger partial charge in [0.05, 0.1) is 24.2 Å². The minimum absolute atomic E-state index is 0.0494. The molecule has 160 valence electrons. The van der Waals surface area contributed by atoms with E-state index in [9.17, 15) is 9.59 Å². The highest BCUT2D eigenvalue weighted by atomic mass is 16.6. The third kappa shape index (κ3) is 4.01. The summed E-state index contributed by atoms with van der Waals surface area (Å²) in [4.78, 5) is 26.2. The summed E-state index contributed by atoms with van der Waals surface area (Å²) < 4.78 is 17.1. The van der Waals surface area contributed by atoms with E-state index in [1.807, 2.05) is 38.1 Å². The number of carbonyl (C=O) groups excluding carboxylic acids is 2. The Balaban J connectivity index is 1.73. The molecular weight excluding hydrogens is 382 g/mol. The van der Waals surface area contributed by atoms with Crippen LogP contribution in [-0.4, -0.2) is 37.7 Å². The van der Waals surface area contributed by atoms with Crippen molar-refractivity contribution in [2.75, 3.05) is 19.8 Å². The van der Waals surface area contributed by atoms with Crippen LogP contribution in [0.3, 0.4) is 0 Å². The van der Waals surface area contributed by atoms with E-state index in [-0.39, 0.29) is 18.5 Å². The monoisotopic (exact) mass is 411 g/mol. The molecular formula is C24H29NO5. The van der Waals surface area contributed by atoms with Crippen molar-refractivity contribution in [3.63, 3.8) is 0 Å². The fourth-order valence-electron chi connectivity index (χ4n) is 4.59. The molecule has 2 aliphatic heterocycles. The first-order valence-corrected chi connectivity index (χ1v) is 10.8. The van der Waals surface area contributed by atoms with Crippen LogP contribution in [0, 0.1) is 0 Å². The topological polar surface area (TPSA) is 73.9 Å². The molecule has 6 heteroatoms. The molecule has 0 saturated carbocycles. The van der Waals surface area contributed by atoms with Gasteiger partial charge in [-0.1, -0.05) is 18.2 Å². The Kier molecular flexibility index (Phi) is 6.23. The van der Waals surface area contributed by atoms with Gasteiger partial charge in [-0.2, -0.15) is 0 Å². The van der Waals surface area contributed by atoms with E-state index in [1.165, 1.54) is 0 Å². The van der Waals surface area contributed by atoms with Gasteiger partial charge in [-0.3, -0.25) is 4.79 Å². The molecule has 0 radical (unpaired) electrons. The summed E-state index contributed by atoms with van der Waals surface area (Å²) >= 11 is 0. The molecule has 0 bridgehead atoms. The second-order valence-electron chi connectivity index (χ2n) is 7.97. The molecule has 0 aromatic heterocycles. The summed E-state index contributed by atoms with van der Waals surface area (Å²) in [5.41, 5.74) is 3.62. The van der Waals surface area contributed by atoms with Gasteiger partial charge >= 0.3 is 5.97 Å². The maximum Gasteiger partial charge on any atom is 0.336 e. The second kappa shape index (κ2) is 9.04. The van der Waals surface area contributed by atoms with E-state index in [0.717, 1.165) is 42.6 Å². The number of allylic oxidation sites excluding steroid dienone is 3. The molecule has 1 N–H and O–H groups in total. The number of hydrogen-bond donors (Lipinski definition) is 1. The number of Topliss-reactive ketones (excluding diaryl/α,β-unsaturated/α-hetero) is 1. The van der Waals surface area contributed by atoms with Gasteiger partial charge in [-0.15, -0.1) is 0 Å². The molecule has 3 aliphatic rings. The molecule has 6 nitrogen and oxygen atoms in total. The molecule has 1 saturated heterocycles. The zero-order valence-electron chi connectivity index (χ0n) is 17.7. The Bertz CT molecular complexity index is 895. The standard InChI is InChI=1S/C24H29NO5/c1-3-28-20-12-5-4-9-17(20)22-21(24(27)30-14-16-8-7-13-29-16)15(2)25-18-10-6-11-19(26)23(18)22/h4-5,9,12,16,22,25H,3,6-8,10-11,13-14H2,1-2H3/t16-,22-/m1/s1. The van der Waals surface area contributed by atoms with Crippen LogP contribution in [0.15, 0.2) is 46.8 Å². The van der Waals surface area contributed by atoms with Crippen molar-refractivity contribution in [3.8, 4) is 5.75 Å². The predicted octanol–water partition coefficient (Wildman–Crippen LogP) is 3.78. The number of rotatable bonds is 6. The van der Waals surface area contributed by atoms with Gasteiger partial charge in [-0.05, 0) is 45.6 Å². The number of esters is 1. The molecule has 1 aromatic rings. The third-order valence-corrected chi connectivity index (χ3v) is 5.95. The SMILES string of the molecule is CCOc1ccccc1[C@@H]1C(C(=O)OC[C@H]2CCCO2)=C(C)NC2=C1C(=O)CCC2. The Hall–Kier alpha value is -2.60. The lowest BCUT2D eigenvalue weighted by molar-refractivity contribution is -0.142. The zero-order valence-corrected chi connectivity index (χ0v) is 17.7. The van der Waals surface area contributed by atoms with Gasteiger partial charge in [0.1, 0.15) is 12.4 Å². The lowest BCUT2D eigenvalue weighted by atomic mass is 9.75. The fourth-order valence-corrected chi connectivity index (χ4v) is 4.59. The number of nitrogens with one attached hydrogen (secondary N) is 1.